The fourth-order valence-electron chi connectivity index (χ4n) is 0.933. The topological polar surface area (TPSA) is 59.1 Å². The van der Waals surface area contributed by atoms with Crippen LogP contribution in [0.25, 0.3) is 0 Å². The molecule has 1 atom stereocenters. The Balaban J connectivity index is 2.58. The highest BCUT2D eigenvalue weighted by atomic mass is 32.2. The van der Waals surface area contributed by atoms with Crippen LogP contribution in [-0.2, 0) is 0 Å². The van der Waals surface area contributed by atoms with E-state index < -0.39 is 0 Å². The van der Waals surface area contributed by atoms with Gasteiger partial charge in [-0.25, -0.2) is 4.98 Å². The van der Waals surface area contributed by atoms with E-state index in [1.54, 1.807) is 18.0 Å². The first-order valence-electron chi connectivity index (χ1n) is 4.22. The molecule has 13 heavy (non-hydrogen) atoms. The van der Waals surface area contributed by atoms with Crippen molar-refractivity contribution in [3.63, 3.8) is 0 Å². The zero-order valence-corrected chi connectivity index (χ0v) is 8.42. The minimum absolute atomic E-state index is 0.209. The molecule has 0 aliphatic rings. The molecule has 1 aromatic heterocycles. The number of hydrogen-bond acceptors (Lipinski definition) is 4. The van der Waals surface area contributed by atoms with Gasteiger partial charge in [0.25, 0.3) is 0 Å². The Morgan fingerprint density at radius 2 is 2.46 bits per heavy atom. The summed E-state index contributed by atoms with van der Waals surface area (Å²) < 4.78 is 0. The lowest BCUT2D eigenvalue weighted by Crippen LogP contribution is -2.01. The van der Waals surface area contributed by atoms with Crippen LogP contribution < -0.4 is 5.73 Å². The molecule has 0 fully saturated rings. The van der Waals surface area contributed by atoms with E-state index >= 15 is 0 Å². The van der Waals surface area contributed by atoms with Crippen LogP contribution in [0.5, 0.6) is 0 Å². The monoisotopic (exact) mass is 198 g/mol. The molecule has 0 aromatic carbocycles. The molecule has 4 heteroatoms. The molecule has 0 aliphatic heterocycles. The largest absolute Gasteiger partial charge is 0.397 e. The number of aliphatic hydroxyl groups excluding tert-OH is 1. The molecule has 0 amide bonds. The Hall–Kier alpha value is -0.740. The summed E-state index contributed by atoms with van der Waals surface area (Å²) in [6.07, 6.45) is 2.49. The van der Waals surface area contributed by atoms with E-state index in [1.165, 1.54) is 0 Å². The van der Waals surface area contributed by atoms with E-state index in [9.17, 15) is 0 Å². The Kier molecular flexibility index (Phi) is 4.05. The number of aromatic nitrogens is 1. The first-order valence-corrected chi connectivity index (χ1v) is 5.10. The molecular formula is C9H14N2OS. The Morgan fingerprint density at radius 1 is 1.69 bits per heavy atom. The first-order chi connectivity index (χ1) is 6.24. The maximum absolute atomic E-state index is 8.72. The quantitative estimate of drug-likeness (QED) is 0.720. The summed E-state index contributed by atoms with van der Waals surface area (Å²) in [6, 6.07) is 3.65. The molecule has 0 saturated carbocycles. The van der Waals surface area contributed by atoms with Crippen molar-refractivity contribution >= 4 is 17.4 Å². The van der Waals surface area contributed by atoms with Crippen LogP contribution in [0.2, 0.25) is 0 Å². The summed E-state index contributed by atoms with van der Waals surface area (Å²) >= 11 is 1.60. The second kappa shape index (κ2) is 5.09. The molecule has 0 bridgehead atoms. The standard InChI is InChI=1S/C9H14N2OS/c1-7(4-6-12)13-9-8(10)3-2-5-11-9/h2-3,5,7,12H,4,6,10H2,1H3. The summed E-state index contributed by atoms with van der Waals surface area (Å²) in [5.74, 6) is 0. The van der Waals surface area contributed by atoms with Crippen molar-refractivity contribution in [3.05, 3.63) is 18.3 Å². The fourth-order valence-corrected chi connectivity index (χ4v) is 1.86. The molecular weight excluding hydrogens is 184 g/mol. The van der Waals surface area contributed by atoms with E-state index in [4.69, 9.17) is 10.8 Å². The van der Waals surface area contributed by atoms with Gasteiger partial charge >= 0.3 is 0 Å². The van der Waals surface area contributed by atoms with Gasteiger partial charge in [-0.15, -0.1) is 11.8 Å². The van der Waals surface area contributed by atoms with Gasteiger partial charge in [0.1, 0.15) is 5.03 Å². The third-order valence-electron chi connectivity index (χ3n) is 1.65. The minimum atomic E-state index is 0.209. The van der Waals surface area contributed by atoms with Crippen molar-refractivity contribution in [2.24, 2.45) is 0 Å². The molecule has 0 saturated heterocycles. The molecule has 3 nitrogen and oxygen atoms in total. The predicted molar refractivity (Wildman–Crippen MR) is 55.7 cm³/mol. The summed E-state index contributed by atoms with van der Waals surface area (Å²) in [5, 5.41) is 9.92. The van der Waals surface area contributed by atoms with Gasteiger partial charge in [0.05, 0.1) is 5.69 Å². The summed E-state index contributed by atoms with van der Waals surface area (Å²) in [4.78, 5) is 4.16. The molecule has 1 unspecified atom stereocenters. The highest BCUT2D eigenvalue weighted by molar-refractivity contribution is 8.00. The lowest BCUT2D eigenvalue weighted by atomic mass is 10.3. The van der Waals surface area contributed by atoms with Gasteiger partial charge < -0.3 is 10.8 Å². The summed E-state index contributed by atoms with van der Waals surface area (Å²) in [7, 11) is 0. The number of thioether (sulfide) groups is 1. The maximum Gasteiger partial charge on any atom is 0.119 e. The maximum atomic E-state index is 8.72. The number of pyridine rings is 1. The van der Waals surface area contributed by atoms with Gasteiger partial charge in [0.15, 0.2) is 0 Å². The lowest BCUT2D eigenvalue weighted by molar-refractivity contribution is 0.289. The normalized spacial score (nSPS) is 12.8. The number of rotatable bonds is 4. The van der Waals surface area contributed by atoms with Crippen LogP contribution in [0, 0.1) is 0 Å². The van der Waals surface area contributed by atoms with Gasteiger partial charge in [-0.1, -0.05) is 6.92 Å². The van der Waals surface area contributed by atoms with Crippen LogP contribution in [0.1, 0.15) is 13.3 Å². The average molecular weight is 198 g/mol. The predicted octanol–water partition coefficient (Wildman–Crippen LogP) is 1.53. The summed E-state index contributed by atoms with van der Waals surface area (Å²) in [6.45, 7) is 2.26. The van der Waals surface area contributed by atoms with Crippen molar-refractivity contribution in [1.29, 1.82) is 0 Å². The number of aliphatic hydroxyl groups is 1. The number of nitrogens with two attached hydrogens (primary N) is 1. The van der Waals surface area contributed by atoms with Gasteiger partial charge in [0, 0.05) is 18.1 Å². The lowest BCUT2D eigenvalue weighted by Gasteiger charge is -2.09. The molecule has 72 valence electrons. The van der Waals surface area contributed by atoms with E-state index in [2.05, 4.69) is 11.9 Å². The van der Waals surface area contributed by atoms with Gasteiger partial charge in [-0.05, 0) is 18.6 Å². The van der Waals surface area contributed by atoms with Crippen molar-refractivity contribution in [2.75, 3.05) is 12.3 Å². The molecule has 1 aromatic rings. The number of anilines is 1. The first kappa shape index (κ1) is 10.3. The Labute approximate surface area is 82.4 Å². The molecule has 0 aliphatic carbocycles. The van der Waals surface area contributed by atoms with Gasteiger partial charge in [-0.3, -0.25) is 0 Å². The molecule has 0 radical (unpaired) electrons. The molecule has 1 rings (SSSR count). The molecule has 1 heterocycles. The van der Waals surface area contributed by atoms with Crippen LogP contribution in [0.4, 0.5) is 5.69 Å². The number of hydrogen-bond donors (Lipinski definition) is 2. The van der Waals surface area contributed by atoms with Crippen LogP contribution in [0.3, 0.4) is 0 Å². The van der Waals surface area contributed by atoms with E-state index in [-0.39, 0.29) is 6.61 Å². The van der Waals surface area contributed by atoms with Crippen LogP contribution in [0.15, 0.2) is 23.4 Å². The van der Waals surface area contributed by atoms with Gasteiger partial charge in [-0.2, -0.15) is 0 Å². The van der Waals surface area contributed by atoms with E-state index in [0.29, 0.717) is 10.9 Å². The van der Waals surface area contributed by atoms with Crippen molar-refractivity contribution in [1.82, 2.24) is 4.98 Å². The Morgan fingerprint density at radius 3 is 3.08 bits per heavy atom. The average Bonchev–Trinajstić information content (AvgIpc) is 2.09. The highest BCUT2D eigenvalue weighted by Crippen LogP contribution is 2.27. The molecule has 0 spiro atoms. The van der Waals surface area contributed by atoms with Crippen molar-refractivity contribution < 1.29 is 5.11 Å². The molecule has 3 N–H and O–H groups in total. The van der Waals surface area contributed by atoms with E-state index in [0.717, 1.165) is 11.4 Å². The summed E-state index contributed by atoms with van der Waals surface area (Å²) in [5.41, 5.74) is 6.42. The zero-order chi connectivity index (χ0) is 9.68. The van der Waals surface area contributed by atoms with Crippen LogP contribution >= 0.6 is 11.8 Å². The fraction of sp³-hybridized carbons (Fsp3) is 0.444. The minimum Gasteiger partial charge on any atom is -0.397 e. The SMILES string of the molecule is CC(CCO)Sc1ncccc1N. The number of nitrogen functional groups attached to an aromatic ring is 1. The third-order valence-corrected chi connectivity index (χ3v) is 2.85. The van der Waals surface area contributed by atoms with Gasteiger partial charge in [0.2, 0.25) is 0 Å². The highest BCUT2D eigenvalue weighted by Gasteiger charge is 2.06. The van der Waals surface area contributed by atoms with Crippen molar-refractivity contribution in [3.8, 4) is 0 Å². The van der Waals surface area contributed by atoms with E-state index in [1.807, 2.05) is 12.1 Å². The van der Waals surface area contributed by atoms with Crippen molar-refractivity contribution in [2.45, 2.75) is 23.6 Å². The Bertz CT molecular complexity index is 268. The third kappa shape index (κ3) is 3.24. The van der Waals surface area contributed by atoms with Crippen LogP contribution in [-0.4, -0.2) is 21.9 Å². The second-order valence-electron chi connectivity index (χ2n) is 2.84. The smallest absolute Gasteiger partial charge is 0.119 e. The second-order valence-corrected chi connectivity index (χ2v) is 4.27. The number of nitrogens with zero attached hydrogens (tertiary/aromatic N) is 1. The zero-order valence-electron chi connectivity index (χ0n) is 7.60.